The van der Waals surface area contributed by atoms with Gasteiger partial charge in [0, 0.05) is 31.6 Å². The summed E-state index contributed by atoms with van der Waals surface area (Å²) >= 11 is 0. The molecule has 0 aromatic carbocycles. The molecule has 4 aliphatic rings. The smallest absolute Gasteiger partial charge is 0.407 e. The van der Waals surface area contributed by atoms with Crippen LogP contribution in [0, 0.1) is 5.41 Å². The van der Waals surface area contributed by atoms with Gasteiger partial charge in [0.25, 0.3) is 5.92 Å². The van der Waals surface area contributed by atoms with Gasteiger partial charge in [-0.1, -0.05) is 0 Å². The summed E-state index contributed by atoms with van der Waals surface area (Å²) in [6, 6.07) is -0.411. The number of likely N-dealkylation sites (tertiary alicyclic amines) is 3. The zero-order chi connectivity index (χ0) is 19.4. The van der Waals surface area contributed by atoms with E-state index in [0.717, 1.165) is 45.2 Å². The number of hydrogen-bond donors (Lipinski definition) is 2. The third kappa shape index (κ3) is 3.51. The van der Waals surface area contributed by atoms with E-state index < -0.39 is 30.4 Å². The van der Waals surface area contributed by atoms with Crippen molar-refractivity contribution in [3.05, 3.63) is 0 Å². The standard InChI is InChI=1S/C18H28F2N4O3/c19-18(20)9-14(15(21)25)24(11-18)12-1-4-22(5-2-12)13-7-17(8-13)3-6-23(10-17)16(26)27/h12-14H,1-11H2,(H2,21,25)(H,26,27)/t13?,14-,17?/m1/s1. The van der Waals surface area contributed by atoms with Gasteiger partial charge in [-0.3, -0.25) is 9.69 Å². The van der Waals surface area contributed by atoms with Crippen LogP contribution in [0.2, 0.25) is 0 Å². The molecule has 27 heavy (non-hydrogen) atoms. The molecule has 3 aliphatic heterocycles. The fraction of sp³-hybridized carbons (Fsp3) is 0.889. The lowest BCUT2D eigenvalue weighted by molar-refractivity contribution is -0.123. The number of halogens is 2. The predicted octanol–water partition coefficient (Wildman–Crippen LogP) is 1.18. The van der Waals surface area contributed by atoms with Crippen molar-refractivity contribution in [3.8, 4) is 0 Å². The van der Waals surface area contributed by atoms with E-state index in [0.29, 0.717) is 19.1 Å². The first-order chi connectivity index (χ1) is 12.7. The molecule has 1 atom stereocenters. The molecule has 2 amide bonds. The number of amides is 2. The third-order valence-electron chi connectivity index (χ3n) is 7.17. The van der Waals surface area contributed by atoms with Crippen molar-refractivity contribution in [1.82, 2.24) is 14.7 Å². The lowest BCUT2D eigenvalue weighted by Gasteiger charge is -2.52. The number of hydrogen-bond acceptors (Lipinski definition) is 4. The van der Waals surface area contributed by atoms with Gasteiger partial charge < -0.3 is 20.6 Å². The van der Waals surface area contributed by atoms with Crippen LogP contribution in [0.3, 0.4) is 0 Å². The van der Waals surface area contributed by atoms with Crippen molar-refractivity contribution >= 4 is 12.0 Å². The molecule has 4 rings (SSSR count). The van der Waals surface area contributed by atoms with Gasteiger partial charge in [0.1, 0.15) is 0 Å². The molecule has 3 heterocycles. The van der Waals surface area contributed by atoms with E-state index in [4.69, 9.17) is 10.8 Å². The van der Waals surface area contributed by atoms with Gasteiger partial charge in [-0.05, 0) is 50.6 Å². The number of nitrogens with zero attached hydrogens (tertiary/aromatic N) is 3. The Morgan fingerprint density at radius 2 is 1.67 bits per heavy atom. The molecule has 3 N–H and O–H groups in total. The number of alkyl halides is 2. The minimum atomic E-state index is -2.84. The molecule has 0 unspecified atom stereocenters. The Bertz CT molecular complexity index is 618. The molecule has 0 radical (unpaired) electrons. The van der Waals surface area contributed by atoms with Crippen LogP contribution in [0.5, 0.6) is 0 Å². The van der Waals surface area contributed by atoms with E-state index in [-0.39, 0.29) is 18.0 Å². The van der Waals surface area contributed by atoms with Gasteiger partial charge in [-0.25, -0.2) is 13.6 Å². The summed E-state index contributed by atoms with van der Waals surface area (Å²) in [6.07, 6.45) is 3.22. The van der Waals surface area contributed by atoms with Crippen molar-refractivity contribution in [2.75, 3.05) is 32.7 Å². The largest absolute Gasteiger partial charge is 0.465 e. The van der Waals surface area contributed by atoms with Crippen LogP contribution in [0.15, 0.2) is 0 Å². The Labute approximate surface area is 157 Å². The normalized spacial score (nSPS) is 37.6. The summed E-state index contributed by atoms with van der Waals surface area (Å²) < 4.78 is 27.6. The van der Waals surface area contributed by atoms with Crippen molar-refractivity contribution < 1.29 is 23.5 Å². The summed E-state index contributed by atoms with van der Waals surface area (Å²) in [5.41, 5.74) is 5.50. The first-order valence-corrected chi connectivity index (χ1v) is 9.83. The first-order valence-electron chi connectivity index (χ1n) is 9.83. The van der Waals surface area contributed by atoms with Gasteiger partial charge in [0.15, 0.2) is 0 Å². The Morgan fingerprint density at radius 3 is 2.22 bits per heavy atom. The lowest BCUT2D eigenvalue weighted by atomic mass is 9.64. The number of carboxylic acid groups (broad SMARTS) is 1. The highest BCUT2D eigenvalue weighted by molar-refractivity contribution is 5.80. The van der Waals surface area contributed by atoms with Crippen LogP contribution in [0.1, 0.15) is 38.5 Å². The summed E-state index contributed by atoms with van der Waals surface area (Å²) in [5.74, 6) is -3.49. The number of nitrogens with two attached hydrogens (primary N) is 1. The average Bonchev–Trinajstić information content (AvgIpc) is 3.15. The number of piperidine rings is 1. The average molecular weight is 386 g/mol. The van der Waals surface area contributed by atoms with Crippen molar-refractivity contribution in [2.45, 2.75) is 62.6 Å². The van der Waals surface area contributed by atoms with Gasteiger partial charge in [-0.15, -0.1) is 0 Å². The predicted molar refractivity (Wildman–Crippen MR) is 93.5 cm³/mol. The fourth-order valence-corrected chi connectivity index (χ4v) is 5.70. The molecule has 0 bridgehead atoms. The fourth-order valence-electron chi connectivity index (χ4n) is 5.70. The quantitative estimate of drug-likeness (QED) is 0.760. The number of carbonyl (C=O) groups is 2. The van der Waals surface area contributed by atoms with E-state index in [1.54, 1.807) is 4.90 Å². The second kappa shape index (κ2) is 6.55. The van der Waals surface area contributed by atoms with E-state index in [9.17, 15) is 18.4 Å². The summed E-state index contributed by atoms with van der Waals surface area (Å²) in [7, 11) is 0. The van der Waals surface area contributed by atoms with Crippen LogP contribution < -0.4 is 5.73 Å². The maximum absolute atomic E-state index is 13.8. The molecule has 0 aromatic heterocycles. The van der Waals surface area contributed by atoms with Crippen LogP contribution in [-0.2, 0) is 4.79 Å². The Hall–Kier alpha value is -1.48. The second-order valence-electron chi connectivity index (χ2n) is 8.93. The zero-order valence-corrected chi connectivity index (χ0v) is 15.4. The van der Waals surface area contributed by atoms with Gasteiger partial charge in [-0.2, -0.15) is 0 Å². The SMILES string of the molecule is NC(=O)[C@H]1CC(F)(F)CN1C1CCN(C2CC3(CCN(C(=O)O)C3)C2)CC1. The van der Waals surface area contributed by atoms with Crippen LogP contribution in [-0.4, -0.2) is 88.6 Å². The molecule has 9 heteroatoms. The zero-order valence-electron chi connectivity index (χ0n) is 15.4. The van der Waals surface area contributed by atoms with Crippen LogP contribution in [0.4, 0.5) is 13.6 Å². The molecule has 4 fully saturated rings. The highest BCUT2D eigenvalue weighted by Crippen LogP contribution is 2.50. The maximum atomic E-state index is 13.8. The molecule has 3 saturated heterocycles. The molecular formula is C18H28F2N4O3. The highest BCUT2D eigenvalue weighted by atomic mass is 19.3. The molecule has 1 saturated carbocycles. The maximum Gasteiger partial charge on any atom is 0.407 e. The topological polar surface area (TPSA) is 90.1 Å². The summed E-state index contributed by atoms with van der Waals surface area (Å²) in [4.78, 5) is 28.3. The minimum absolute atomic E-state index is 0.0184. The monoisotopic (exact) mass is 386 g/mol. The number of rotatable bonds is 3. The summed E-state index contributed by atoms with van der Waals surface area (Å²) in [6.45, 7) is 2.56. The highest BCUT2D eigenvalue weighted by Gasteiger charge is 2.53. The molecule has 7 nitrogen and oxygen atoms in total. The Balaban J connectivity index is 1.28. The molecule has 152 valence electrons. The molecule has 1 aliphatic carbocycles. The second-order valence-corrected chi connectivity index (χ2v) is 8.93. The van der Waals surface area contributed by atoms with Gasteiger partial charge in [0.2, 0.25) is 5.91 Å². The van der Waals surface area contributed by atoms with E-state index in [1.165, 1.54) is 4.90 Å². The lowest BCUT2D eigenvalue weighted by Crippen LogP contribution is -2.57. The number of primary amides is 1. The van der Waals surface area contributed by atoms with Gasteiger partial charge >= 0.3 is 6.09 Å². The molecule has 1 spiro atoms. The van der Waals surface area contributed by atoms with Gasteiger partial charge in [0.05, 0.1) is 12.6 Å². The first kappa shape index (κ1) is 18.9. The number of carbonyl (C=O) groups excluding carboxylic acids is 1. The van der Waals surface area contributed by atoms with Crippen molar-refractivity contribution in [1.29, 1.82) is 0 Å². The third-order valence-corrected chi connectivity index (χ3v) is 7.17. The minimum Gasteiger partial charge on any atom is -0.465 e. The van der Waals surface area contributed by atoms with Crippen molar-refractivity contribution in [2.24, 2.45) is 11.1 Å². The Morgan fingerprint density at radius 1 is 1.00 bits per heavy atom. The van der Waals surface area contributed by atoms with Crippen LogP contribution >= 0.6 is 0 Å². The Kier molecular flexibility index (Phi) is 4.57. The molecule has 0 aromatic rings. The van der Waals surface area contributed by atoms with E-state index in [1.807, 2.05) is 0 Å². The van der Waals surface area contributed by atoms with Crippen molar-refractivity contribution in [3.63, 3.8) is 0 Å². The van der Waals surface area contributed by atoms with E-state index in [2.05, 4.69) is 4.90 Å². The summed E-state index contributed by atoms with van der Waals surface area (Å²) in [5, 5.41) is 9.13. The van der Waals surface area contributed by atoms with E-state index >= 15 is 0 Å². The van der Waals surface area contributed by atoms with Crippen LogP contribution in [0.25, 0.3) is 0 Å². The molecular weight excluding hydrogens is 358 g/mol.